The lowest BCUT2D eigenvalue weighted by molar-refractivity contribution is -0.129. The van der Waals surface area contributed by atoms with E-state index in [9.17, 15) is 18.8 Å². The quantitative estimate of drug-likeness (QED) is 0.824. The molecule has 3 amide bonds. The second-order valence-electron chi connectivity index (χ2n) is 4.64. The van der Waals surface area contributed by atoms with Crippen molar-refractivity contribution in [3.8, 4) is 0 Å². The molecule has 1 unspecified atom stereocenters. The van der Waals surface area contributed by atoms with Gasteiger partial charge in [0.05, 0.1) is 5.56 Å². The van der Waals surface area contributed by atoms with Gasteiger partial charge >= 0.3 is 0 Å². The zero-order valence-electron chi connectivity index (χ0n) is 11.1. The van der Waals surface area contributed by atoms with Crippen LogP contribution in [0.5, 0.6) is 0 Å². The van der Waals surface area contributed by atoms with Crippen molar-refractivity contribution in [3.63, 3.8) is 0 Å². The Morgan fingerprint density at radius 2 is 2.30 bits per heavy atom. The van der Waals surface area contributed by atoms with Gasteiger partial charge in [0, 0.05) is 6.54 Å². The SMILES string of the molecule is CCCC(C(=O)NC=O)N1Cc2cccc(F)c2C1=O. The highest BCUT2D eigenvalue weighted by molar-refractivity contribution is 6.02. The first-order chi connectivity index (χ1) is 9.60. The van der Waals surface area contributed by atoms with Crippen molar-refractivity contribution >= 4 is 18.2 Å². The van der Waals surface area contributed by atoms with Crippen molar-refractivity contribution in [2.75, 3.05) is 0 Å². The average Bonchev–Trinajstić information content (AvgIpc) is 2.75. The number of carbonyl (C=O) groups is 3. The first kappa shape index (κ1) is 14.2. The minimum absolute atomic E-state index is 0.0208. The highest BCUT2D eigenvalue weighted by Gasteiger charge is 2.37. The van der Waals surface area contributed by atoms with Gasteiger partial charge in [-0.25, -0.2) is 4.39 Å². The van der Waals surface area contributed by atoms with E-state index in [1.807, 2.05) is 6.92 Å². The number of imide groups is 1. The number of benzene rings is 1. The fraction of sp³-hybridized carbons (Fsp3) is 0.357. The first-order valence-corrected chi connectivity index (χ1v) is 6.42. The number of hydrogen-bond acceptors (Lipinski definition) is 3. The summed E-state index contributed by atoms with van der Waals surface area (Å²) in [6.07, 6.45) is 1.37. The highest BCUT2D eigenvalue weighted by atomic mass is 19.1. The van der Waals surface area contributed by atoms with Crippen LogP contribution in [0, 0.1) is 5.82 Å². The van der Waals surface area contributed by atoms with Gasteiger partial charge in [0.25, 0.3) is 5.91 Å². The van der Waals surface area contributed by atoms with Crippen LogP contribution in [0.25, 0.3) is 0 Å². The van der Waals surface area contributed by atoms with Crippen LogP contribution < -0.4 is 5.32 Å². The number of nitrogens with one attached hydrogen (secondary N) is 1. The number of halogens is 1. The van der Waals surface area contributed by atoms with E-state index in [-0.39, 0.29) is 12.1 Å². The van der Waals surface area contributed by atoms with Gasteiger partial charge in [-0.2, -0.15) is 0 Å². The minimum atomic E-state index is -0.760. The van der Waals surface area contributed by atoms with Crippen LogP contribution in [0.2, 0.25) is 0 Å². The summed E-state index contributed by atoms with van der Waals surface area (Å²) in [5.74, 6) is -1.62. The molecule has 1 heterocycles. The van der Waals surface area contributed by atoms with Crippen LogP contribution in [0.3, 0.4) is 0 Å². The second-order valence-corrected chi connectivity index (χ2v) is 4.64. The van der Waals surface area contributed by atoms with Gasteiger partial charge in [-0.15, -0.1) is 0 Å². The maximum atomic E-state index is 13.7. The van der Waals surface area contributed by atoms with E-state index in [4.69, 9.17) is 0 Å². The van der Waals surface area contributed by atoms with Gasteiger partial charge in [0.1, 0.15) is 11.9 Å². The topological polar surface area (TPSA) is 66.5 Å². The van der Waals surface area contributed by atoms with Crippen molar-refractivity contribution in [2.45, 2.75) is 32.4 Å². The van der Waals surface area contributed by atoms with Crippen LogP contribution in [-0.4, -0.2) is 29.2 Å². The monoisotopic (exact) mass is 278 g/mol. The van der Waals surface area contributed by atoms with Gasteiger partial charge in [0.15, 0.2) is 0 Å². The Morgan fingerprint density at radius 3 is 2.90 bits per heavy atom. The zero-order chi connectivity index (χ0) is 14.7. The van der Waals surface area contributed by atoms with E-state index < -0.39 is 23.7 Å². The van der Waals surface area contributed by atoms with E-state index in [0.717, 1.165) is 0 Å². The summed E-state index contributed by atoms with van der Waals surface area (Å²) in [7, 11) is 0. The van der Waals surface area contributed by atoms with Crippen LogP contribution in [0.15, 0.2) is 18.2 Å². The van der Waals surface area contributed by atoms with E-state index in [0.29, 0.717) is 24.8 Å². The number of rotatable bonds is 5. The molecular weight excluding hydrogens is 263 g/mol. The van der Waals surface area contributed by atoms with Gasteiger partial charge in [-0.05, 0) is 18.1 Å². The van der Waals surface area contributed by atoms with Crippen molar-refractivity contribution in [2.24, 2.45) is 0 Å². The molecule has 6 heteroatoms. The maximum Gasteiger partial charge on any atom is 0.258 e. The summed E-state index contributed by atoms with van der Waals surface area (Å²) >= 11 is 0. The van der Waals surface area contributed by atoms with Gasteiger partial charge < -0.3 is 4.90 Å². The lowest BCUT2D eigenvalue weighted by atomic mass is 10.1. The fourth-order valence-corrected chi connectivity index (χ4v) is 2.45. The standard InChI is InChI=1S/C14H15FN2O3/c1-2-4-11(13(19)16-8-18)17-7-9-5-3-6-10(15)12(9)14(17)20/h3,5-6,8,11H,2,4,7H2,1H3,(H,16,18,19). The predicted molar refractivity (Wildman–Crippen MR) is 69.2 cm³/mol. The van der Waals surface area contributed by atoms with Gasteiger partial charge in [-0.3, -0.25) is 19.7 Å². The summed E-state index contributed by atoms with van der Waals surface area (Å²) in [5.41, 5.74) is 0.586. The lowest BCUT2D eigenvalue weighted by Crippen LogP contribution is -2.46. The summed E-state index contributed by atoms with van der Waals surface area (Å²) in [4.78, 5) is 35.8. The summed E-state index contributed by atoms with van der Waals surface area (Å²) in [5, 5.41) is 2.06. The number of nitrogens with zero attached hydrogens (tertiary/aromatic N) is 1. The molecule has 2 rings (SSSR count). The van der Waals surface area contributed by atoms with Crippen molar-refractivity contribution in [1.29, 1.82) is 0 Å². The molecule has 1 N–H and O–H groups in total. The molecule has 106 valence electrons. The lowest BCUT2D eigenvalue weighted by Gasteiger charge is -2.25. The van der Waals surface area contributed by atoms with Crippen LogP contribution >= 0.6 is 0 Å². The smallest absolute Gasteiger partial charge is 0.258 e. The molecule has 1 aromatic carbocycles. The molecule has 0 fully saturated rings. The Balaban J connectivity index is 2.29. The Kier molecular flexibility index (Phi) is 4.12. The molecule has 0 saturated carbocycles. The van der Waals surface area contributed by atoms with Crippen LogP contribution in [0.1, 0.15) is 35.7 Å². The predicted octanol–water partition coefficient (Wildman–Crippen LogP) is 1.22. The normalized spacial score (nSPS) is 14.9. The molecule has 1 aliphatic heterocycles. The molecule has 0 spiro atoms. The third-order valence-corrected chi connectivity index (χ3v) is 3.36. The first-order valence-electron chi connectivity index (χ1n) is 6.42. The molecule has 1 aliphatic rings. The summed E-state index contributed by atoms with van der Waals surface area (Å²) in [6.45, 7) is 2.05. The van der Waals surface area contributed by atoms with Crippen LogP contribution in [-0.2, 0) is 16.1 Å². The molecule has 0 saturated heterocycles. The molecule has 20 heavy (non-hydrogen) atoms. The van der Waals surface area contributed by atoms with Crippen LogP contribution in [0.4, 0.5) is 4.39 Å². The molecule has 0 radical (unpaired) electrons. The Hall–Kier alpha value is -2.24. The maximum absolute atomic E-state index is 13.7. The zero-order valence-corrected chi connectivity index (χ0v) is 11.1. The third kappa shape index (κ3) is 2.41. The molecule has 0 aromatic heterocycles. The summed E-state index contributed by atoms with van der Waals surface area (Å²) < 4.78 is 13.7. The molecule has 0 aliphatic carbocycles. The van der Waals surface area contributed by atoms with E-state index in [1.165, 1.54) is 17.0 Å². The molecule has 5 nitrogen and oxygen atoms in total. The van der Waals surface area contributed by atoms with E-state index >= 15 is 0 Å². The number of hydrogen-bond donors (Lipinski definition) is 1. The molecule has 0 bridgehead atoms. The highest BCUT2D eigenvalue weighted by Crippen LogP contribution is 2.28. The van der Waals surface area contributed by atoms with Gasteiger partial charge in [0.2, 0.25) is 12.3 Å². The van der Waals surface area contributed by atoms with Crippen molar-refractivity contribution in [3.05, 3.63) is 35.1 Å². The second kappa shape index (κ2) is 5.81. The number of fused-ring (bicyclic) bond motifs is 1. The van der Waals surface area contributed by atoms with Gasteiger partial charge in [-0.1, -0.05) is 25.5 Å². The molecular formula is C14H15FN2O3. The number of carbonyl (C=O) groups excluding carboxylic acids is 3. The van der Waals surface area contributed by atoms with Crippen molar-refractivity contribution in [1.82, 2.24) is 10.2 Å². The minimum Gasteiger partial charge on any atom is -0.322 e. The Labute approximate surface area is 115 Å². The van der Waals surface area contributed by atoms with E-state index in [2.05, 4.69) is 5.32 Å². The third-order valence-electron chi connectivity index (χ3n) is 3.36. The Bertz CT molecular complexity index is 559. The largest absolute Gasteiger partial charge is 0.322 e. The molecule has 1 atom stereocenters. The average molecular weight is 278 g/mol. The number of amides is 3. The fourth-order valence-electron chi connectivity index (χ4n) is 2.45. The molecule has 1 aromatic rings. The van der Waals surface area contributed by atoms with E-state index in [1.54, 1.807) is 6.07 Å². The summed E-state index contributed by atoms with van der Waals surface area (Å²) in [6, 6.07) is 3.66. The van der Waals surface area contributed by atoms with Crippen molar-refractivity contribution < 1.29 is 18.8 Å². The Morgan fingerprint density at radius 1 is 1.55 bits per heavy atom.